The average molecular weight is 829 g/mol. The molecule has 320 valence electrons. The molecule has 0 unspecified atom stereocenters. The molecule has 8 rings (SSSR count). The Morgan fingerprint density at radius 3 is 0.839 bits per heavy atom. The predicted molar refractivity (Wildman–Crippen MR) is 252 cm³/mol. The standard InChI is InChI=1S/C56H60O6/c1-51(2,3)57-42-23-15-38(16-24-42)55(39-17-25-43(26-18-39)58-52(4,5)6)35-33-46-48(61-55)31-13-37-14-32-49-47(50(37)46)34-36-56(62-49,40-19-27-44(28-20-40)59-53(7,8)9)41-21-29-45(30-22-41)60-54(10,11)12/h13-36H,1-12H3. The summed E-state index contributed by atoms with van der Waals surface area (Å²) in [5, 5.41) is 2.14. The van der Waals surface area contributed by atoms with Gasteiger partial charge >= 0.3 is 0 Å². The van der Waals surface area contributed by atoms with Gasteiger partial charge in [0.25, 0.3) is 0 Å². The number of ether oxygens (including phenoxy) is 6. The van der Waals surface area contributed by atoms with Crippen LogP contribution in [0.25, 0.3) is 22.9 Å². The van der Waals surface area contributed by atoms with Gasteiger partial charge in [-0.3, -0.25) is 0 Å². The van der Waals surface area contributed by atoms with Crippen LogP contribution in [0.2, 0.25) is 0 Å². The molecule has 0 fully saturated rings. The zero-order valence-corrected chi connectivity index (χ0v) is 38.3. The Labute approximate surface area is 368 Å². The lowest BCUT2D eigenvalue weighted by Gasteiger charge is -2.38. The molecule has 6 nitrogen and oxygen atoms in total. The summed E-state index contributed by atoms with van der Waals surface area (Å²) < 4.78 is 39.4. The summed E-state index contributed by atoms with van der Waals surface area (Å²) in [6.07, 6.45) is 8.76. The first-order chi connectivity index (χ1) is 29.1. The van der Waals surface area contributed by atoms with Crippen molar-refractivity contribution >= 4 is 22.9 Å². The van der Waals surface area contributed by atoms with Gasteiger partial charge in [-0.05, 0) is 173 Å². The second-order valence-corrected chi connectivity index (χ2v) is 20.4. The maximum Gasteiger partial charge on any atom is 0.178 e. The Morgan fingerprint density at radius 1 is 0.339 bits per heavy atom. The molecule has 62 heavy (non-hydrogen) atoms. The van der Waals surface area contributed by atoms with Crippen molar-refractivity contribution in [3.8, 4) is 34.5 Å². The van der Waals surface area contributed by atoms with E-state index in [9.17, 15) is 0 Å². The van der Waals surface area contributed by atoms with Crippen LogP contribution in [0.15, 0.2) is 133 Å². The number of benzene rings is 6. The molecule has 0 atom stereocenters. The zero-order valence-electron chi connectivity index (χ0n) is 38.3. The Balaban J connectivity index is 1.23. The van der Waals surface area contributed by atoms with Gasteiger partial charge in [0, 0.05) is 38.8 Å². The monoisotopic (exact) mass is 828 g/mol. The van der Waals surface area contributed by atoms with Gasteiger partial charge in [0.15, 0.2) is 11.2 Å². The SMILES string of the molecule is CC(C)(C)Oc1ccc(C2(c3ccc(OC(C)(C)C)cc3)C=Cc3c(ccc4ccc5c(c34)C=CC(c3ccc(OC(C)(C)C)cc3)(c3ccc(OC(C)(C)C)cc3)O5)O2)cc1. The first-order valence-corrected chi connectivity index (χ1v) is 21.6. The van der Waals surface area contributed by atoms with Crippen LogP contribution in [-0.4, -0.2) is 22.4 Å². The van der Waals surface area contributed by atoms with Crippen molar-refractivity contribution in [3.63, 3.8) is 0 Å². The Hall–Kier alpha value is -6.14. The molecule has 0 saturated carbocycles. The van der Waals surface area contributed by atoms with E-state index in [-0.39, 0.29) is 22.4 Å². The normalized spacial score (nSPS) is 15.5. The minimum absolute atomic E-state index is 0.322. The van der Waals surface area contributed by atoms with Crippen LogP contribution in [0, 0.1) is 0 Å². The number of rotatable bonds is 8. The number of fused-ring (bicyclic) bond motifs is 5. The maximum absolute atomic E-state index is 7.29. The summed E-state index contributed by atoms with van der Waals surface area (Å²) in [7, 11) is 0. The third-order valence-corrected chi connectivity index (χ3v) is 10.5. The maximum atomic E-state index is 7.29. The molecule has 6 heteroatoms. The molecule has 0 aromatic heterocycles. The Kier molecular flexibility index (Phi) is 10.5. The highest BCUT2D eigenvalue weighted by atomic mass is 16.5. The van der Waals surface area contributed by atoms with E-state index < -0.39 is 11.2 Å². The van der Waals surface area contributed by atoms with Gasteiger partial charge in [-0.15, -0.1) is 0 Å². The van der Waals surface area contributed by atoms with Gasteiger partial charge in [0.2, 0.25) is 0 Å². The number of hydrogen-bond acceptors (Lipinski definition) is 6. The lowest BCUT2D eigenvalue weighted by molar-refractivity contribution is 0.129. The largest absolute Gasteiger partial charge is 0.488 e. The third kappa shape index (κ3) is 8.92. The summed E-state index contributed by atoms with van der Waals surface area (Å²) >= 11 is 0. The van der Waals surface area contributed by atoms with E-state index in [1.165, 1.54) is 0 Å². The van der Waals surface area contributed by atoms with Crippen LogP contribution in [0.4, 0.5) is 0 Å². The second-order valence-electron chi connectivity index (χ2n) is 20.4. The molecule has 6 aromatic carbocycles. The molecule has 2 heterocycles. The topological polar surface area (TPSA) is 55.4 Å². The first kappa shape index (κ1) is 42.5. The summed E-state index contributed by atoms with van der Waals surface area (Å²) in [5.74, 6) is 4.74. The zero-order chi connectivity index (χ0) is 44.3. The molecular weight excluding hydrogens is 769 g/mol. The highest BCUT2D eigenvalue weighted by Gasteiger charge is 2.40. The molecule has 0 N–H and O–H groups in total. The predicted octanol–water partition coefficient (Wildman–Crippen LogP) is 14.2. The van der Waals surface area contributed by atoms with Crippen LogP contribution in [0.5, 0.6) is 34.5 Å². The van der Waals surface area contributed by atoms with E-state index in [0.717, 1.165) is 78.7 Å². The van der Waals surface area contributed by atoms with Crippen molar-refractivity contribution in [2.24, 2.45) is 0 Å². The van der Waals surface area contributed by atoms with Crippen molar-refractivity contribution < 1.29 is 28.4 Å². The Bertz CT molecular complexity index is 2320. The van der Waals surface area contributed by atoms with Gasteiger partial charge < -0.3 is 28.4 Å². The van der Waals surface area contributed by atoms with Crippen LogP contribution in [0.1, 0.15) is 116 Å². The molecule has 0 amide bonds. The second kappa shape index (κ2) is 15.3. The van der Waals surface area contributed by atoms with E-state index in [1.54, 1.807) is 0 Å². The molecule has 0 radical (unpaired) electrons. The fourth-order valence-electron chi connectivity index (χ4n) is 8.21. The molecule has 0 bridgehead atoms. The molecule has 6 aromatic rings. The van der Waals surface area contributed by atoms with Crippen molar-refractivity contribution in [3.05, 3.63) is 167 Å². The minimum Gasteiger partial charge on any atom is -0.488 e. The fraction of sp³-hybridized carbons (Fsp3) is 0.321. The highest BCUT2D eigenvalue weighted by molar-refractivity contribution is 6.02. The van der Waals surface area contributed by atoms with E-state index in [4.69, 9.17) is 28.4 Å². The molecule has 0 aliphatic carbocycles. The van der Waals surface area contributed by atoms with Crippen molar-refractivity contribution in [1.29, 1.82) is 0 Å². The summed E-state index contributed by atoms with van der Waals surface area (Å²) in [6, 6.07) is 41.4. The average Bonchev–Trinajstić information content (AvgIpc) is 3.19. The van der Waals surface area contributed by atoms with Crippen LogP contribution < -0.4 is 28.4 Å². The van der Waals surface area contributed by atoms with Crippen LogP contribution >= 0.6 is 0 Å². The van der Waals surface area contributed by atoms with Crippen molar-refractivity contribution in [2.75, 3.05) is 0 Å². The Morgan fingerprint density at radius 2 is 0.597 bits per heavy atom. The van der Waals surface area contributed by atoms with E-state index in [1.807, 2.05) is 48.5 Å². The van der Waals surface area contributed by atoms with E-state index in [0.29, 0.717) is 0 Å². The van der Waals surface area contributed by atoms with E-state index in [2.05, 4.69) is 180 Å². The molecular formula is C56H60O6. The smallest absolute Gasteiger partial charge is 0.178 e. The van der Waals surface area contributed by atoms with Gasteiger partial charge in [0.05, 0.1) is 0 Å². The van der Waals surface area contributed by atoms with Crippen molar-refractivity contribution in [2.45, 2.75) is 117 Å². The summed E-state index contributed by atoms with van der Waals surface area (Å²) in [6.45, 7) is 24.6. The van der Waals surface area contributed by atoms with Gasteiger partial charge in [-0.1, -0.05) is 60.7 Å². The number of hydrogen-bond donors (Lipinski definition) is 0. The van der Waals surface area contributed by atoms with Crippen LogP contribution in [-0.2, 0) is 11.2 Å². The summed E-state index contributed by atoms with van der Waals surface area (Å²) in [4.78, 5) is 0. The van der Waals surface area contributed by atoms with Gasteiger partial charge in [-0.25, -0.2) is 0 Å². The lowest BCUT2D eigenvalue weighted by atomic mass is 9.81. The quantitative estimate of drug-likeness (QED) is 0.152. The van der Waals surface area contributed by atoms with Gasteiger partial charge in [-0.2, -0.15) is 0 Å². The third-order valence-electron chi connectivity index (χ3n) is 10.5. The van der Waals surface area contributed by atoms with Crippen LogP contribution in [0.3, 0.4) is 0 Å². The molecule has 0 saturated heterocycles. The van der Waals surface area contributed by atoms with E-state index >= 15 is 0 Å². The van der Waals surface area contributed by atoms with Gasteiger partial charge in [0.1, 0.15) is 56.9 Å². The minimum atomic E-state index is -0.927. The van der Waals surface area contributed by atoms with Crippen molar-refractivity contribution in [1.82, 2.24) is 0 Å². The first-order valence-electron chi connectivity index (χ1n) is 21.6. The lowest BCUT2D eigenvalue weighted by Crippen LogP contribution is -2.35. The summed E-state index contributed by atoms with van der Waals surface area (Å²) in [5.41, 5.74) is 2.75. The molecule has 0 spiro atoms. The highest BCUT2D eigenvalue weighted by Crippen LogP contribution is 2.50. The fourth-order valence-corrected chi connectivity index (χ4v) is 8.21. The molecule has 2 aliphatic rings. The molecule has 2 aliphatic heterocycles.